The number of amides is 1. The first-order chi connectivity index (χ1) is 16.1. The number of anilines is 1. The number of nitrogens with zero attached hydrogens (tertiary/aromatic N) is 3. The van der Waals surface area contributed by atoms with Crippen LogP contribution in [0.5, 0.6) is 0 Å². The number of hydrogen-bond acceptors (Lipinski definition) is 4. The van der Waals surface area contributed by atoms with Crippen molar-refractivity contribution in [1.82, 2.24) is 14.7 Å². The van der Waals surface area contributed by atoms with E-state index in [1.807, 2.05) is 47.1 Å². The van der Waals surface area contributed by atoms with E-state index < -0.39 is 6.10 Å². The highest BCUT2D eigenvalue weighted by Crippen LogP contribution is 2.27. The standard InChI is InChI=1S/C27H32N4O2/c1-21(19-22-9-5-3-6-10-22)20-30-17-14-24(15-18-30)31-25(13-16-28-31)29-27(32)26(33-2)23-11-7-4-8-12-23/h3-13,16,19,24,26H,14-15,17-18,20H2,1-2H3,(H,29,32)/b21-19+/t26-/m0/s1. The van der Waals surface area contributed by atoms with Crippen LogP contribution >= 0.6 is 0 Å². The zero-order valence-corrected chi connectivity index (χ0v) is 19.4. The van der Waals surface area contributed by atoms with Crippen LogP contribution in [-0.4, -0.2) is 47.3 Å². The molecule has 1 aliphatic rings. The van der Waals surface area contributed by atoms with Crippen molar-refractivity contribution in [3.63, 3.8) is 0 Å². The third kappa shape index (κ3) is 5.97. The highest BCUT2D eigenvalue weighted by atomic mass is 16.5. The van der Waals surface area contributed by atoms with E-state index in [9.17, 15) is 4.79 Å². The van der Waals surface area contributed by atoms with Crippen molar-refractivity contribution in [3.8, 4) is 0 Å². The second-order valence-corrected chi connectivity index (χ2v) is 8.59. The first-order valence-corrected chi connectivity index (χ1v) is 11.5. The summed E-state index contributed by atoms with van der Waals surface area (Å²) in [5.41, 5.74) is 3.43. The molecule has 0 saturated carbocycles. The van der Waals surface area contributed by atoms with Gasteiger partial charge in [0, 0.05) is 32.8 Å². The Balaban J connectivity index is 1.34. The summed E-state index contributed by atoms with van der Waals surface area (Å²) in [6.07, 6.45) is 5.34. The van der Waals surface area contributed by atoms with Gasteiger partial charge in [-0.2, -0.15) is 5.10 Å². The summed E-state index contributed by atoms with van der Waals surface area (Å²) in [5.74, 6) is 0.529. The zero-order valence-electron chi connectivity index (χ0n) is 19.4. The molecule has 3 aromatic rings. The van der Waals surface area contributed by atoms with Gasteiger partial charge >= 0.3 is 0 Å². The van der Waals surface area contributed by atoms with Gasteiger partial charge in [0.25, 0.3) is 5.91 Å². The SMILES string of the molecule is CO[C@H](C(=O)Nc1ccnn1C1CCN(C/C(C)=C/c2ccccc2)CC1)c1ccccc1. The highest BCUT2D eigenvalue weighted by molar-refractivity contribution is 5.94. The van der Waals surface area contributed by atoms with Crippen LogP contribution in [0, 0.1) is 0 Å². The van der Waals surface area contributed by atoms with Crippen LogP contribution in [0.3, 0.4) is 0 Å². The van der Waals surface area contributed by atoms with Crippen LogP contribution in [0.2, 0.25) is 0 Å². The third-order valence-corrected chi connectivity index (χ3v) is 6.09. The summed E-state index contributed by atoms with van der Waals surface area (Å²) >= 11 is 0. The van der Waals surface area contributed by atoms with Gasteiger partial charge in [-0.15, -0.1) is 0 Å². The lowest BCUT2D eigenvalue weighted by Gasteiger charge is -2.33. The van der Waals surface area contributed by atoms with Gasteiger partial charge < -0.3 is 10.1 Å². The number of benzene rings is 2. The summed E-state index contributed by atoms with van der Waals surface area (Å²) in [6, 6.07) is 22.1. The number of ether oxygens (including phenoxy) is 1. The molecule has 4 rings (SSSR count). The fourth-order valence-corrected chi connectivity index (χ4v) is 4.47. The minimum absolute atomic E-state index is 0.190. The minimum Gasteiger partial charge on any atom is -0.367 e. The smallest absolute Gasteiger partial charge is 0.259 e. The minimum atomic E-state index is -0.657. The predicted molar refractivity (Wildman–Crippen MR) is 132 cm³/mol. The van der Waals surface area contributed by atoms with Gasteiger partial charge in [0.1, 0.15) is 5.82 Å². The van der Waals surface area contributed by atoms with Crippen molar-refractivity contribution in [2.24, 2.45) is 0 Å². The summed E-state index contributed by atoms with van der Waals surface area (Å²) in [6.45, 7) is 5.17. The van der Waals surface area contributed by atoms with E-state index in [1.165, 1.54) is 11.1 Å². The topological polar surface area (TPSA) is 59.4 Å². The van der Waals surface area contributed by atoms with Crippen LogP contribution in [0.25, 0.3) is 6.08 Å². The Kier molecular flexibility index (Phi) is 7.70. The largest absolute Gasteiger partial charge is 0.367 e. The molecular weight excluding hydrogens is 412 g/mol. The Morgan fingerprint density at radius 2 is 1.76 bits per heavy atom. The molecule has 33 heavy (non-hydrogen) atoms. The lowest BCUT2D eigenvalue weighted by molar-refractivity contribution is -0.126. The van der Waals surface area contributed by atoms with Crippen molar-refractivity contribution >= 4 is 17.8 Å². The summed E-state index contributed by atoms with van der Waals surface area (Å²) in [5, 5.41) is 7.55. The van der Waals surface area contributed by atoms with E-state index in [0.717, 1.165) is 43.9 Å². The Morgan fingerprint density at radius 3 is 2.42 bits per heavy atom. The van der Waals surface area contributed by atoms with Gasteiger partial charge in [-0.3, -0.25) is 9.69 Å². The van der Waals surface area contributed by atoms with Crippen LogP contribution in [0.4, 0.5) is 5.82 Å². The maximum Gasteiger partial charge on any atom is 0.259 e. The summed E-state index contributed by atoms with van der Waals surface area (Å²) in [7, 11) is 1.55. The number of nitrogens with one attached hydrogen (secondary N) is 1. The van der Waals surface area contributed by atoms with E-state index in [2.05, 4.69) is 52.6 Å². The van der Waals surface area contributed by atoms with Crippen molar-refractivity contribution in [1.29, 1.82) is 0 Å². The molecule has 1 aliphatic heterocycles. The van der Waals surface area contributed by atoms with Gasteiger partial charge in [-0.1, -0.05) is 72.3 Å². The molecule has 0 radical (unpaired) electrons. The Labute approximate surface area is 195 Å². The summed E-state index contributed by atoms with van der Waals surface area (Å²) in [4.78, 5) is 15.4. The predicted octanol–water partition coefficient (Wildman–Crippen LogP) is 4.95. The number of piperidine rings is 1. The molecule has 0 spiro atoms. The molecule has 1 saturated heterocycles. The molecular formula is C27H32N4O2. The number of aromatic nitrogens is 2. The molecule has 0 aliphatic carbocycles. The molecule has 1 N–H and O–H groups in total. The quantitative estimate of drug-likeness (QED) is 0.534. The molecule has 1 amide bonds. The van der Waals surface area contributed by atoms with Gasteiger partial charge in [0.05, 0.1) is 12.2 Å². The fraction of sp³-hybridized carbons (Fsp3) is 0.333. The molecule has 6 nitrogen and oxygen atoms in total. The second kappa shape index (κ2) is 11.1. The first kappa shape index (κ1) is 23.0. The molecule has 0 unspecified atom stereocenters. The lowest BCUT2D eigenvalue weighted by atomic mass is 10.0. The highest BCUT2D eigenvalue weighted by Gasteiger charge is 2.25. The van der Waals surface area contributed by atoms with Crippen LogP contribution in [0.1, 0.15) is 43.0 Å². The number of methoxy groups -OCH3 is 1. The molecule has 1 fully saturated rings. The average molecular weight is 445 g/mol. The van der Waals surface area contributed by atoms with E-state index in [1.54, 1.807) is 13.3 Å². The Hall–Kier alpha value is -3.22. The van der Waals surface area contributed by atoms with Gasteiger partial charge in [0.15, 0.2) is 6.10 Å². The van der Waals surface area contributed by atoms with Crippen LogP contribution < -0.4 is 5.32 Å². The molecule has 1 atom stereocenters. The number of likely N-dealkylation sites (tertiary alicyclic amines) is 1. The Morgan fingerprint density at radius 1 is 1.09 bits per heavy atom. The Bertz CT molecular complexity index is 1050. The second-order valence-electron chi connectivity index (χ2n) is 8.59. The summed E-state index contributed by atoms with van der Waals surface area (Å²) < 4.78 is 7.43. The van der Waals surface area contributed by atoms with Crippen molar-refractivity contribution in [2.75, 3.05) is 32.1 Å². The first-order valence-electron chi connectivity index (χ1n) is 11.5. The maximum atomic E-state index is 12.9. The molecule has 2 aromatic carbocycles. The number of rotatable bonds is 8. The number of hydrogen-bond donors (Lipinski definition) is 1. The number of carbonyl (C=O) groups excluding carboxylic acids is 1. The molecule has 1 aromatic heterocycles. The number of carbonyl (C=O) groups is 1. The third-order valence-electron chi connectivity index (χ3n) is 6.09. The van der Waals surface area contributed by atoms with Gasteiger partial charge in [0.2, 0.25) is 0 Å². The lowest BCUT2D eigenvalue weighted by Crippen LogP contribution is -2.36. The zero-order chi connectivity index (χ0) is 23.0. The van der Waals surface area contributed by atoms with E-state index in [4.69, 9.17) is 4.74 Å². The van der Waals surface area contributed by atoms with Gasteiger partial charge in [-0.25, -0.2) is 4.68 Å². The van der Waals surface area contributed by atoms with E-state index in [-0.39, 0.29) is 11.9 Å². The van der Waals surface area contributed by atoms with Gasteiger partial charge in [-0.05, 0) is 30.9 Å². The van der Waals surface area contributed by atoms with Crippen molar-refractivity contribution in [3.05, 3.63) is 89.6 Å². The molecule has 0 bridgehead atoms. The van der Waals surface area contributed by atoms with Crippen molar-refractivity contribution in [2.45, 2.75) is 31.9 Å². The van der Waals surface area contributed by atoms with Crippen LogP contribution in [0.15, 0.2) is 78.5 Å². The van der Waals surface area contributed by atoms with E-state index >= 15 is 0 Å². The fourth-order valence-electron chi connectivity index (χ4n) is 4.47. The average Bonchev–Trinajstić information content (AvgIpc) is 3.29. The monoisotopic (exact) mass is 444 g/mol. The van der Waals surface area contributed by atoms with Crippen molar-refractivity contribution < 1.29 is 9.53 Å². The maximum absolute atomic E-state index is 12.9. The van der Waals surface area contributed by atoms with E-state index in [0.29, 0.717) is 0 Å². The normalized spacial score (nSPS) is 16.5. The van der Waals surface area contributed by atoms with Crippen LogP contribution in [-0.2, 0) is 9.53 Å². The molecule has 2 heterocycles. The molecule has 172 valence electrons. The molecule has 6 heteroatoms.